The lowest BCUT2D eigenvalue weighted by Gasteiger charge is -2.27. The third-order valence-electron chi connectivity index (χ3n) is 2.45. The second kappa shape index (κ2) is 7.53. The van der Waals surface area contributed by atoms with Crippen LogP contribution in [0.5, 0.6) is 0 Å². The molecular formula is C11H21F3N2O. The summed E-state index contributed by atoms with van der Waals surface area (Å²) in [6.07, 6.45) is -2.57. The molecule has 0 aromatic rings. The van der Waals surface area contributed by atoms with Crippen molar-refractivity contribution >= 4 is 5.91 Å². The van der Waals surface area contributed by atoms with Crippen molar-refractivity contribution < 1.29 is 18.0 Å². The van der Waals surface area contributed by atoms with Gasteiger partial charge >= 0.3 is 6.18 Å². The van der Waals surface area contributed by atoms with E-state index in [1.165, 1.54) is 0 Å². The van der Waals surface area contributed by atoms with Crippen molar-refractivity contribution in [3.05, 3.63) is 0 Å². The van der Waals surface area contributed by atoms with E-state index in [0.29, 0.717) is 12.8 Å². The zero-order valence-electron chi connectivity index (χ0n) is 10.4. The molecule has 6 heteroatoms. The zero-order chi connectivity index (χ0) is 13.5. The van der Waals surface area contributed by atoms with E-state index >= 15 is 0 Å². The fraction of sp³-hybridized carbons (Fsp3) is 0.909. The standard InChI is InChI=1S/C11H21F3N2O/c1-3-5-9(7-15)10(17)16(6-4-2)8-11(12,13)14/h9H,3-8,15H2,1-2H3. The van der Waals surface area contributed by atoms with E-state index in [-0.39, 0.29) is 13.1 Å². The number of halogens is 3. The second-order valence-electron chi connectivity index (χ2n) is 4.10. The Bertz CT molecular complexity index is 231. The average Bonchev–Trinajstić information content (AvgIpc) is 2.22. The van der Waals surface area contributed by atoms with Gasteiger partial charge in [0.1, 0.15) is 6.54 Å². The molecule has 0 aliphatic carbocycles. The van der Waals surface area contributed by atoms with E-state index < -0.39 is 24.5 Å². The molecule has 1 atom stereocenters. The number of nitrogens with two attached hydrogens (primary N) is 1. The van der Waals surface area contributed by atoms with Crippen molar-refractivity contribution in [2.45, 2.75) is 39.3 Å². The van der Waals surface area contributed by atoms with E-state index in [1.807, 2.05) is 6.92 Å². The number of rotatable bonds is 7. The largest absolute Gasteiger partial charge is 0.406 e. The number of nitrogens with zero attached hydrogens (tertiary/aromatic N) is 1. The maximum atomic E-state index is 12.3. The van der Waals surface area contributed by atoms with Gasteiger partial charge in [-0.3, -0.25) is 4.79 Å². The summed E-state index contributed by atoms with van der Waals surface area (Å²) in [6.45, 7) is 2.67. The molecule has 0 aliphatic heterocycles. The van der Waals surface area contributed by atoms with Gasteiger partial charge in [-0.05, 0) is 12.8 Å². The smallest absolute Gasteiger partial charge is 0.333 e. The molecule has 102 valence electrons. The number of carbonyl (C=O) groups is 1. The summed E-state index contributed by atoms with van der Waals surface area (Å²) in [5.74, 6) is -0.970. The van der Waals surface area contributed by atoms with Gasteiger partial charge in [0, 0.05) is 13.1 Å². The topological polar surface area (TPSA) is 46.3 Å². The van der Waals surface area contributed by atoms with Crippen molar-refractivity contribution in [3.8, 4) is 0 Å². The Balaban J connectivity index is 4.61. The number of hydrogen-bond acceptors (Lipinski definition) is 2. The van der Waals surface area contributed by atoms with Crippen LogP contribution < -0.4 is 5.73 Å². The van der Waals surface area contributed by atoms with Gasteiger partial charge in [-0.25, -0.2) is 0 Å². The van der Waals surface area contributed by atoms with E-state index in [1.54, 1.807) is 6.92 Å². The first-order valence-corrected chi connectivity index (χ1v) is 5.91. The highest BCUT2D eigenvalue weighted by molar-refractivity contribution is 5.79. The fourth-order valence-corrected chi connectivity index (χ4v) is 1.70. The van der Waals surface area contributed by atoms with Gasteiger partial charge in [-0.2, -0.15) is 13.2 Å². The van der Waals surface area contributed by atoms with Crippen LogP contribution in [0.15, 0.2) is 0 Å². The summed E-state index contributed by atoms with van der Waals surface area (Å²) in [5, 5.41) is 0. The van der Waals surface area contributed by atoms with Crippen LogP contribution in [-0.2, 0) is 4.79 Å². The van der Waals surface area contributed by atoms with Gasteiger partial charge in [0.25, 0.3) is 0 Å². The monoisotopic (exact) mass is 254 g/mol. The molecule has 1 amide bonds. The van der Waals surface area contributed by atoms with Gasteiger partial charge in [0.2, 0.25) is 5.91 Å². The maximum absolute atomic E-state index is 12.3. The summed E-state index contributed by atoms with van der Waals surface area (Å²) < 4.78 is 37.0. The number of alkyl halides is 3. The molecule has 0 spiro atoms. The predicted molar refractivity (Wildman–Crippen MR) is 60.4 cm³/mol. The summed E-state index contributed by atoms with van der Waals surface area (Å²) in [6, 6.07) is 0. The third-order valence-corrected chi connectivity index (χ3v) is 2.45. The third kappa shape index (κ3) is 6.51. The van der Waals surface area contributed by atoms with Crippen LogP contribution >= 0.6 is 0 Å². The highest BCUT2D eigenvalue weighted by atomic mass is 19.4. The normalized spacial score (nSPS) is 13.5. The molecular weight excluding hydrogens is 233 g/mol. The lowest BCUT2D eigenvalue weighted by Crippen LogP contribution is -2.44. The number of carbonyl (C=O) groups excluding carboxylic acids is 1. The van der Waals surface area contributed by atoms with Crippen LogP contribution in [0.4, 0.5) is 13.2 Å². The molecule has 0 bridgehead atoms. The van der Waals surface area contributed by atoms with Gasteiger partial charge in [0.05, 0.1) is 5.92 Å². The van der Waals surface area contributed by atoms with Crippen LogP contribution in [0, 0.1) is 5.92 Å². The predicted octanol–water partition coefficient (Wildman–Crippen LogP) is 2.16. The van der Waals surface area contributed by atoms with Gasteiger partial charge in [-0.1, -0.05) is 20.3 Å². The van der Waals surface area contributed by atoms with Gasteiger partial charge in [-0.15, -0.1) is 0 Å². The quantitative estimate of drug-likeness (QED) is 0.756. The molecule has 2 N–H and O–H groups in total. The van der Waals surface area contributed by atoms with Crippen molar-refractivity contribution in [3.63, 3.8) is 0 Å². The Labute approximate surface area is 100 Å². The molecule has 0 saturated carbocycles. The minimum absolute atomic E-state index is 0.102. The molecule has 0 radical (unpaired) electrons. The SMILES string of the molecule is CCCC(CN)C(=O)N(CCC)CC(F)(F)F. The molecule has 0 aromatic carbocycles. The highest BCUT2D eigenvalue weighted by Crippen LogP contribution is 2.19. The lowest BCUT2D eigenvalue weighted by atomic mass is 10.0. The first-order valence-electron chi connectivity index (χ1n) is 5.91. The lowest BCUT2D eigenvalue weighted by molar-refractivity contribution is -0.163. The Morgan fingerprint density at radius 1 is 1.29 bits per heavy atom. The van der Waals surface area contributed by atoms with Crippen LogP contribution in [0.2, 0.25) is 0 Å². The van der Waals surface area contributed by atoms with Crippen molar-refractivity contribution in [1.82, 2.24) is 4.90 Å². The Morgan fingerprint density at radius 3 is 2.24 bits per heavy atom. The minimum Gasteiger partial charge on any atom is -0.333 e. The number of hydrogen-bond donors (Lipinski definition) is 1. The summed E-state index contributed by atoms with van der Waals surface area (Å²) in [7, 11) is 0. The molecule has 1 unspecified atom stereocenters. The minimum atomic E-state index is -4.35. The Hall–Kier alpha value is -0.780. The molecule has 0 aromatic heterocycles. The van der Waals surface area contributed by atoms with Crippen LogP contribution in [0.1, 0.15) is 33.1 Å². The van der Waals surface area contributed by atoms with E-state index in [9.17, 15) is 18.0 Å². The van der Waals surface area contributed by atoms with Gasteiger partial charge < -0.3 is 10.6 Å². The number of amides is 1. The van der Waals surface area contributed by atoms with Crippen molar-refractivity contribution in [2.24, 2.45) is 11.7 Å². The first-order chi connectivity index (χ1) is 7.85. The van der Waals surface area contributed by atoms with Crippen LogP contribution in [0.3, 0.4) is 0 Å². The summed E-state index contributed by atoms with van der Waals surface area (Å²) in [4.78, 5) is 12.7. The van der Waals surface area contributed by atoms with E-state index in [0.717, 1.165) is 11.3 Å². The Morgan fingerprint density at radius 2 is 1.88 bits per heavy atom. The molecule has 0 heterocycles. The summed E-state index contributed by atoms with van der Waals surface area (Å²) in [5.41, 5.74) is 5.43. The molecule has 0 aliphatic rings. The highest BCUT2D eigenvalue weighted by Gasteiger charge is 2.34. The van der Waals surface area contributed by atoms with Crippen LogP contribution in [0.25, 0.3) is 0 Å². The van der Waals surface area contributed by atoms with Gasteiger partial charge in [0.15, 0.2) is 0 Å². The zero-order valence-corrected chi connectivity index (χ0v) is 10.4. The first kappa shape index (κ1) is 16.2. The fourth-order valence-electron chi connectivity index (χ4n) is 1.70. The summed E-state index contributed by atoms with van der Waals surface area (Å²) >= 11 is 0. The molecule has 0 saturated heterocycles. The molecule has 0 rings (SSSR count). The Kier molecular flexibility index (Phi) is 7.18. The van der Waals surface area contributed by atoms with Crippen molar-refractivity contribution in [1.29, 1.82) is 0 Å². The van der Waals surface area contributed by atoms with Crippen LogP contribution in [-0.4, -0.2) is 36.6 Å². The molecule has 0 fully saturated rings. The van der Waals surface area contributed by atoms with Crippen molar-refractivity contribution in [2.75, 3.05) is 19.6 Å². The maximum Gasteiger partial charge on any atom is 0.406 e. The molecule has 17 heavy (non-hydrogen) atoms. The second-order valence-corrected chi connectivity index (χ2v) is 4.10. The molecule has 3 nitrogen and oxygen atoms in total. The van der Waals surface area contributed by atoms with E-state index in [2.05, 4.69) is 0 Å². The van der Waals surface area contributed by atoms with E-state index in [4.69, 9.17) is 5.73 Å². The average molecular weight is 254 g/mol.